The van der Waals surface area contributed by atoms with Crippen LogP contribution in [0.25, 0.3) is 10.4 Å². The first kappa shape index (κ1) is 12.5. The Morgan fingerprint density at radius 2 is 2.12 bits per heavy atom. The Labute approximate surface area is 112 Å². The number of anilines is 1. The van der Waals surface area contributed by atoms with Crippen molar-refractivity contribution in [2.24, 2.45) is 0 Å². The molecule has 17 heavy (non-hydrogen) atoms. The van der Waals surface area contributed by atoms with Crippen LogP contribution in [0.4, 0.5) is 5.95 Å². The van der Waals surface area contributed by atoms with Gasteiger partial charge in [0, 0.05) is 45.8 Å². The molecule has 0 saturated carbocycles. The highest BCUT2D eigenvalue weighted by molar-refractivity contribution is 9.10. The van der Waals surface area contributed by atoms with Crippen LogP contribution in [0.1, 0.15) is 6.42 Å². The number of aliphatic hydroxyl groups is 1. The maximum atomic E-state index is 8.66. The van der Waals surface area contributed by atoms with Gasteiger partial charge >= 0.3 is 0 Å². The van der Waals surface area contributed by atoms with Crippen molar-refractivity contribution in [1.82, 2.24) is 9.97 Å². The summed E-state index contributed by atoms with van der Waals surface area (Å²) < 4.78 is 1.07. The van der Waals surface area contributed by atoms with Gasteiger partial charge in [-0.25, -0.2) is 9.97 Å². The third kappa shape index (κ3) is 3.49. The normalized spacial score (nSPS) is 10.5. The standard InChI is InChI=1S/C11H12BrN3OS/c12-9-4-10(17-7-9)8-5-14-11(15-6-8)13-2-1-3-16/h4-7,16H,1-3H2,(H,13,14,15). The molecule has 0 radical (unpaired) electrons. The number of hydrogen-bond donors (Lipinski definition) is 2. The van der Waals surface area contributed by atoms with E-state index >= 15 is 0 Å². The second-order valence-corrected chi connectivity index (χ2v) is 5.26. The average Bonchev–Trinajstić information content (AvgIpc) is 2.77. The molecule has 0 fully saturated rings. The van der Waals surface area contributed by atoms with Gasteiger partial charge in [0.15, 0.2) is 0 Å². The number of nitrogens with zero attached hydrogens (tertiary/aromatic N) is 2. The average molecular weight is 314 g/mol. The van der Waals surface area contributed by atoms with E-state index in [0.29, 0.717) is 18.9 Å². The Hall–Kier alpha value is -0.980. The van der Waals surface area contributed by atoms with E-state index in [1.807, 2.05) is 11.4 Å². The minimum absolute atomic E-state index is 0.175. The van der Waals surface area contributed by atoms with Crippen LogP contribution in [-0.4, -0.2) is 28.2 Å². The molecule has 0 unspecified atom stereocenters. The molecule has 2 rings (SSSR count). The van der Waals surface area contributed by atoms with Gasteiger partial charge in [-0.1, -0.05) is 0 Å². The molecule has 0 amide bonds. The summed E-state index contributed by atoms with van der Waals surface area (Å²) in [6.07, 6.45) is 4.29. The van der Waals surface area contributed by atoms with Crippen LogP contribution in [0.2, 0.25) is 0 Å². The summed E-state index contributed by atoms with van der Waals surface area (Å²) in [5.41, 5.74) is 1.01. The number of aliphatic hydroxyl groups excluding tert-OH is 1. The summed E-state index contributed by atoms with van der Waals surface area (Å²) in [5.74, 6) is 0.595. The van der Waals surface area contributed by atoms with Crippen molar-refractivity contribution in [3.63, 3.8) is 0 Å². The summed E-state index contributed by atoms with van der Waals surface area (Å²) in [5, 5.41) is 13.7. The number of hydrogen-bond acceptors (Lipinski definition) is 5. The maximum absolute atomic E-state index is 8.66. The SMILES string of the molecule is OCCCNc1ncc(-c2cc(Br)cs2)cn1. The fourth-order valence-electron chi connectivity index (χ4n) is 1.29. The molecule has 0 atom stereocenters. The van der Waals surface area contributed by atoms with E-state index in [9.17, 15) is 0 Å². The molecule has 0 aromatic carbocycles. The third-order valence-electron chi connectivity index (χ3n) is 2.12. The summed E-state index contributed by atoms with van der Waals surface area (Å²) >= 11 is 5.07. The van der Waals surface area contributed by atoms with Crippen LogP contribution in [0.15, 0.2) is 28.3 Å². The highest BCUT2D eigenvalue weighted by Crippen LogP contribution is 2.28. The molecule has 2 N–H and O–H groups in total. The van der Waals surface area contributed by atoms with Crippen molar-refractivity contribution in [2.75, 3.05) is 18.5 Å². The van der Waals surface area contributed by atoms with Crippen LogP contribution in [-0.2, 0) is 0 Å². The molecule has 2 aromatic heterocycles. The summed E-state index contributed by atoms with van der Waals surface area (Å²) in [6, 6.07) is 2.04. The van der Waals surface area contributed by atoms with Gasteiger partial charge in [0.25, 0.3) is 0 Å². The van der Waals surface area contributed by atoms with Crippen LogP contribution < -0.4 is 5.32 Å². The molecule has 0 aliphatic carbocycles. The largest absolute Gasteiger partial charge is 0.396 e. The molecule has 6 heteroatoms. The molecular formula is C11H12BrN3OS. The zero-order chi connectivity index (χ0) is 12.1. The van der Waals surface area contributed by atoms with Crippen molar-refractivity contribution >= 4 is 33.2 Å². The number of halogens is 1. The van der Waals surface area contributed by atoms with E-state index in [1.54, 1.807) is 23.7 Å². The topological polar surface area (TPSA) is 58.0 Å². The van der Waals surface area contributed by atoms with E-state index in [1.165, 1.54) is 0 Å². The maximum Gasteiger partial charge on any atom is 0.222 e. The number of aromatic nitrogens is 2. The van der Waals surface area contributed by atoms with Gasteiger partial charge < -0.3 is 10.4 Å². The summed E-state index contributed by atoms with van der Waals surface area (Å²) in [7, 11) is 0. The Morgan fingerprint density at radius 3 is 2.71 bits per heavy atom. The lowest BCUT2D eigenvalue weighted by Gasteiger charge is -2.03. The highest BCUT2D eigenvalue weighted by atomic mass is 79.9. The molecule has 2 aromatic rings. The molecule has 0 aliphatic rings. The molecular weight excluding hydrogens is 302 g/mol. The Kier molecular flexibility index (Phi) is 4.47. The lowest BCUT2D eigenvalue weighted by molar-refractivity contribution is 0.292. The van der Waals surface area contributed by atoms with Gasteiger partial charge in [0.1, 0.15) is 0 Å². The molecule has 0 spiro atoms. The van der Waals surface area contributed by atoms with Crippen molar-refractivity contribution in [3.8, 4) is 10.4 Å². The fraction of sp³-hybridized carbons (Fsp3) is 0.273. The first-order valence-corrected chi connectivity index (χ1v) is 6.88. The predicted octanol–water partition coefficient (Wildman–Crippen LogP) is 2.76. The van der Waals surface area contributed by atoms with Crippen LogP contribution in [0.3, 0.4) is 0 Å². The molecule has 2 heterocycles. The molecule has 0 bridgehead atoms. The zero-order valence-corrected chi connectivity index (χ0v) is 11.5. The molecule has 0 aliphatic heterocycles. The third-order valence-corrected chi connectivity index (χ3v) is 3.86. The van der Waals surface area contributed by atoms with E-state index < -0.39 is 0 Å². The summed E-state index contributed by atoms with van der Waals surface area (Å²) in [6.45, 7) is 0.856. The van der Waals surface area contributed by atoms with Crippen molar-refractivity contribution < 1.29 is 5.11 Å². The lowest BCUT2D eigenvalue weighted by atomic mass is 10.3. The fourth-order valence-corrected chi connectivity index (χ4v) is 2.70. The smallest absolute Gasteiger partial charge is 0.222 e. The second-order valence-electron chi connectivity index (χ2n) is 3.43. The number of rotatable bonds is 5. The van der Waals surface area contributed by atoms with E-state index in [-0.39, 0.29) is 6.61 Å². The van der Waals surface area contributed by atoms with Crippen molar-refractivity contribution in [3.05, 3.63) is 28.3 Å². The minimum atomic E-state index is 0.175. The van der Waals surface area contributed by atoms with Crippen molar-refractivity contribution in [2.45, 2.75) is 6.42 Å². The first-order chi connectivity index (χ1) is 8.29. The van der Waals surface area contributed by atoms with Crippen LogP contribution >= 0.6 is 27.3 Å². The Balaban J connectivity index is 2.02. The quantitative estimate of drug-likeness (QED) is 0.833. The molecule has 90 valence electrons. The Bertz CT molecular complexity index is 472. The van der Waals surface area contributed by atoms with E-state index in [0.717, 1.165) is 14.9 Å². The first-order valence-electron chi connectivity index (χ1n) is 5.21. The van der Waals surface area contributed by atoms with E-state index in [2.05, 4.69) is 31.2 Å². The van der Waals surface area contributed by atoms with Crippen molar-refractivity contribution in [1.29, 1.82) is 0 Å². The predicted molar refractivity (Wildman–Crippen MR) is 73.2 cm³/mol. The van der Waals surface area contributed by atoms with E-state index in [4.69, 9.17) is 5.11 Å². The van der Waals surface area contributed by atoms with Gasteiger partial charge in [-0.2, -0.15) is 0 Å². The van der Waals surface area contributed by atoms with Gasteiger partial charge in [-0.3, -0.25) is 0 Å². The van der Waals surface area contributed by atoms with Gasteiger partial charge in [0.2, 0.25) is 5.95 Å². The van der Waals surface area contributed by atoms with Gasteiger partial charge in [-0.15, -0.1) is 11.3 Å². The van der Waals surface area contributed by atoms with Crippen LogP contribution in [0, 0.1) is 0 Å². The second kappa shape index (κ2) is 6.09. The lowest BCUT2D eigenvalue weighted by Crippen LogP contribution is -2.06. The number of thiophene rings is 1. The Morgan fingerprint density at radius 1 is 1.35 bits per heavy atom. The minimum Gasteiger partial charge on any atom is -0.396 e. The van der Waals surface area contributed by atoms with Crippen LogP contribution in [0.5, 0.6) is 0 Å². The zero-order valence-electron chi connectivity index (χ0n) is 9.06. The molecule has 0 saturated heterocycles. The van der Waals surface area contributed by atoms with Gasteiger partial charge in [-0.05, 0) is 28.4 Å². The monoisotopic (exact) mass is 313 g/mol. The highest BCUT2D eigenvalue weighted by Gasteiger charge is 2.02. The number of nitrogens with one attached hydrogen (secondary N) is 1. The molecule has 4 nitrogen and oxygen atoms in total. The summed E-state index contributed by atoms with van der Waals surface area (Å²) in [4.78, 5) is 9.59. The van der Waals surface area contributed by atoms with Gasteiger partial charge in [0.05, 0.1) is 0 Å².